The summed E-state index contributed by atoms with van der Waals surface area (Å²) in [6.45, 7) is 3.37. The molecule has 7 heteroatoms. The number of benzene rings is 1. The Morgan fingerprint density at radius 3 is 2.76 bits per heavy atom. The minimum atomic E-state index is -1.03. The van der Waals surface area contributed by atoms with Crippen LogP contribution in [0, 0.1) is 17.2 Å². The predicted octanol–water partition coefficient (Wildman–Crippen LogP) is 1.21. The first-order valence-electron chi connectivity index (χ1n) is 6.74. The molecule has 21 heavy (non-hydrogen) atoms. The number of carbonyl (C=O) groups is 1. The third kappa shape index (κ3) is 3.11. The van der Waals surface area contributed by atoms with Gasteiger partial charge in [-0.1, -0.05) is 6.92 Å². The minimum Gasteiger partial charge on any atom is -0.465 e. The van der Waals surface area contributed by atoms with E-state index in [0.717, 1.165) is 18.7 Å². The van der Waals surface area contributed by atoms with Crippen molar-refractivity contribution in [1.29, 1.82) is 5.26 Å². The zero-order valence-corrected chi connectivity index (χ0v) is 11.8. The number of nitrogens with one attached hydrogen (secondary N) is 1. The van der Waals surface area contributed by atoms with Gasteiger partial charge in [0, 0.05) is 19.1 Å². The van der Waals surface area contributed by atoms with Crippen LogP contribution in [0.5, 0.6) is 0 Å². The van der Waals surface area contributed by atoms with Gasteiger partial charge in [0.1, 0.15) is 6.07 Å². The van der Waals surface area contributed by atoms with Gasteiger partial charge in [-0.05, 0) is 24.5 Å². The van der Waals surface area contributed by atoms with Crippen LogP contribution in [0.2, 0.25) is 0 Å². The van der Waals surface area contributed by atoms with E-state index in [-0.39, 0.29) is 11.7 Å². The maximum Gasteiger partial charge on any atom is 0.404 e. The molecule has 1 saturated heterocycles. The third-order valence-corrected chi connectivity index (χ3v) is 3.71. The summed E-state index contributed by atoms with van der Waals surface area (Å²) in [4.78, 5) is 12.8. The maximum atomic E-state index is 10.8. The summed E-state index contributed by atoms with van der Waals surface area (Å²) in [6.07, 6.45) is -0.240. The standard InChI is InChI=1S/C14H19N5O2/c1-8-4-10(18-14(20)21)7-19(6-8)11-3-2-9(5-15)12(16)13(11)17/h2-3,8,10,18H,4,6-7,16-17H2,1H3,(H,20,21)/t8-,10+/m0/s1. The monoisotopic (exact) mass is 289 g/mol. The van der Waals surface area contributed by atoms with Gasteiger partial charge in [0.2, 0.25) is 0 Å². The van der Waals surface area contributed by atoms with Gasteiger partial charge in [-0.15, -0.1) is 0 Å². The lowest BCUT2D eigenvalue weighted by atomic mass is 9.95. The van der Waals surface area contributed by atoms with Crippen LogP contribution >= 0.6 is 0 Å². The summed E-state index contributed by atoms with van der Waals surface area (Å²) in [6, 6.07) is 5.25. The number of hydrogen-bond donors (Lipinski definition) is 4. The van der Waals surface area contributed by atoms with Crippen molar-refractivity contribution in [3.05, 3.63) is 17.7 Å². The predicted molar refractivity (Wildman–Crippen MR) is 80.9 cm³/mol. The molecule has 1 heterocycles. The van der Waals surface area contributed by atoms with Crippen LogP contribution in [0.25, 0.3) is 0 Å². The van der Waals surface area contributed by atoms with Crippen molar-refractivity contribution >= 4 is 23.2 Å². The molecule has 1 aromatic rings. The largest absolute Gasteiger partial charge is 0.465 e. The fourth-order valence-electron chi connectivity index (χ4n) is 2.83. The highest BCUT2D eigenvalue weighted by Gasteiger charge is 2.27. The number of amides is 1. The topological polar surface area (TPSA) is 128 Å². The zero-order chi connectivity index (χ0) is 15.6. The molecule has 0 spiro atoms. The van der Waals surface area contributed by atoms with Crippen molar-refractivity contribution in [3.63, 3.8) is 0 Å². The molecule has 1 amide bonds. The molecule has 2 rings (SSSR count). The maximum absolute atomic E-state index is 10.8. The zero-order valence-electron chi connectivity index (χ0n) is 11.8. The van der Waals surface area contributed by atoms with Crippen LogP contribution in [0.1, 0.15) is 18.9 Å². The third-order valence-electron chi connectivity index (χ3n) is 3.71. The average Bonchev–Trinajstić information content (AvgIpc) is 2.40. The van der Waals surface area contributed by atoms with Crippen LogP contribution in [-0.2, 0) is 0 Å². The van der Waals surface area contributed by atoms with Gasteiger partial charge in [-0.2, -0.15) is 5.26 Å². The summed E-state index contributed by atoms with van der Waals surface area (Å²) >= 11 is 0. The quantitative estimate of drug-likeness (QED) is 0.606. The number of rotatable bonds is 2. The number of anilines is 3. The lowest BCUT2D eigenvalue weighted by Crippen LogP contribution is -2.50. The van der Waals surface area contributed by atoms with Crippen LogP contribution < -0.4 is 21.7 Å². The van der Waals surface area contributed by atoms with E-state index in [1.54, 1.807) is 12.1 Å². The van der Waals surface area contributed by atoms with Crippen LogP contribution in [0.3, 0.4) is 0 Å². The molecule has 0 aromatic heterocycles. The summed E-state index contributed by atoms with van der Waals surface area (Å²) in [5.74, 6) is 0.326. The Morgan fingerprint density at radius 1 is 1.43 bits per heavy atom. The van der Waals surface area contributed by atoms with E-state index in [0.29, 0.717) is 23.7 Å². The first kappa shape index (κ1) is 14.8. The molecule has 2 atom stereocenters. The fourth-order valence-corrected chi connectivity index (χ4v) is 2.83. The Balaban J connectivity index is 2.27. The molecule has 0 unspecified atom stereocenters. The normalized spacial score (nSPS) is 21.6. The van der Waals surface area contributed by atoms with E-state index in [1.807, 2.05) is 11.0 Å². The Labute approximate surface area is 123 Å². The molecule has 112 valence electrons. The lowest BCUT2D eigenvalue weighted by molar-refractivity contribution is 0.186. The van der Waals surface area contributed by atoms with Crippen LogP contribution in [-0.4, -0.2) is 30.3 Å². The van der Waals surface area contributed by atoms with Crippen LogP contribution in [0.4, 0.5) is 21.9 Å². The molecule has 0 radical (unpaired) electrons. The second-order valence-electron chi connectivity index (χ2n) is 5.46. The Morgan fingerprint density at radius 2 is 2.14 bits per heavy atom. The molecule has 6 N–H and O–H groups in total. The number of nitrogen functional groups attached to an aromatic ring is 2. The minimum absolute atomic E-state index is 0.150. The molecule has 1 aliphatic rings. The Bertz CT molecular complexity index is 596. The van der Waals surface area contributed by atoms with Crippen molar-refractivity contribution in [2.45, 2.75) is 19.4 Å². The number of piperidine rings is 1. The molecule has 0 saturated carbocycles. The molecule has 0 aliphatic carbocycles. The van der Waals surface area contributed by atoms with Crippen molar-refractivity contribution < 1.29 is 9.90 Å². The highest BCUT2D eigenvalue weighted by atomic mass is 16.4. The summed E-state index contributed by atoms with van der Waals surface area (Å²) < 4.78 is 0. The highest BCUT2D eigenvalue weighted by Crippen LogP contribution is 2.33. The first-order valence-corrected chi connectivity index (χ1v) is 6.74. The Hall–Kier alpha value is -2.62. The Kier molecular flexibility index (Phi) is 4.08. The van der Waals surface area contributed by atoms with Gasteiger partial charge in [0.25, 0.3) is 0 Å². The van der Waals surface area contributed by atoms with Crippen molar-refractivity contribution in [1.82, 2.24) is 5.32 Å². The van der Waals surface area contributed by atoms with Gasteiger partial charge in [-0.3, -0.25) is 0 Å². The number of nitrogens with zero attached hydrogens (tertiary/aromatic N) is 2. The summed E-state index contributed by atoms with van der Waals surface area (Å²) in [5.41, 5.74) is 13.6. The molecule has 0 bridgehead atoms. The van der Waals surface area contributed by atoms with E-state index in [2.05, 4.69) is 12.2 Å². The second kappa shape index (κ2) is 5.79. The molecule has 7 nitrogen and oxygen atoms in total. The van der Waals surface area contributed by atoms with E-state index < -0.39 is 6.09 Å². The first-order chi connectivity index (χ1) is 9.92. The smallest absolute Gasteiger partial charge is 0.404 e. The van der Waals surface area contributed by atoms with Gasteiger partial charge in [0.05, 0.1) is 22.6 Å². The van der Waals surface area contributed by atoms with E-state index in [9.17, 15) is 4.79 Å². The fraction of sp³-hybridized carbons (Fsp3) is 0.429. The number of nitrogens with two attached hydrogens (primary N) is 2. The lowest BCUT2D eigenvalue weighted by Gasteiger charge is -2.38. The van der Waals surface area contributed by atoms with Crippen molar-refractivity contribution in [2.75, 3.05) is 29.5 Å². The molecular formula is C14H19N5O2. The average molecular weight is 289 g/mol. The number of nitriles is 1. The van der Waals surface area contributed by atoms with Gasteiger partial charge >= 0.3 is 6.09 Å². The van der Waals surface area contributed by atoms with Crippen molar-refractivity contribution in [3.8, 4) is 6.07 Å². The van der Waals surface area contributed by atoms with Gasteiger partial charge in [0.15, 0.2) is 0 Å². The molecule has 1 fully saturated rings. The van der Waals surface area contributed by atoms with E-state index >= 15 is 0 Å². The van der Waals surface area contributed by atoms with Gasteiger partial charge < -0.3 is 26.8 Å². The molecular weight excluding hydrogens is 270 g/mol. The van der Waals surface area contributed by atoms with Crippen LogP contribution in [0.15, 0.2) is 12.1 Å². The molecule has 1 aromatic carbocycles. The number of carboxylic acid groups (broad SMARTS) is 1. The highest BCUT2D eigenvalue weighted by molar-refractivity contribution is 5.83. The summed E-state index contributed by atoms with van der Waals surface area (Å²) in [5, 5.41) is 20.3. The SMILES string of the molecule is C[C@H]1C[C@@H](NC(=O)O)CN(c2ccc(C#N)c(N)c2N)C1. The molecule has 1 aliphatic heterocycles. The van der Waals surface area contributed by atoms with Gasteiger partial charge in [-0.25, -0.2) is 4.79 Å². The van der Waals surface area contributed by atoms with Crippen molar-refractivity contribution in [2.24, 2.45) is 5.92 Å². The summed E-state index contributed by atoms with van der Waals surface area (Å²) in [7, 11) is 0. The van der Waals surface area contributed by atoms with E-state index in [4.69, 9.17) is 21.8 Å². The number of hydrogen-bond acceptors (Lipinski definition) is 5. The van der Waals surface area contributed by atoms with E-state index in [1.165, 1.54) is 0 Å². The second-order valence-corrected chi connectivity index (χ2v) is 5.46.